The van der Waals surface area contributed by atoms with Gasteiger partial charge in [-0.15, -0.1) is 0 Å². The summed E-state index contributed by atoms with van der Waals surface area (Å²) in [5.41, 5.74) is 6.61. The van der Waals surface area contributed by atoms with E-state index in [1.54, 1.807) is 0 Å². The number of hydrogen-bond acceptors (Lipinski definition) is 3. The van der Waals surface area contributed by atoms with E-state index in [4.69, 9.17) is 0 Å². The van der Waals surface area contributed by atoms with E-state index in [9.17, 15) is 0 Å². The number of hydrogen-bond donors (Lipinski definition) is 2. The summed E-state index contributed by atoms with van der Waals surface area (Å²) in [5, 5.41) is 12.1. The van der Waals surface area contributed by atoms with E-state index >= 15 is 0 Å². The molecule has 2 aromatic heterocycles. The second-order valence-corrected chi connectivity index (χ2v) is 6.59. The maximum atomic E-state index is 4.46. The molecule has 2 heterocycles. The van der Waals surface area contributed by atoms with Gasteiger partial charge in [-0.25, -0.2) is 4.98 Å². The summed E-state index contributed by atoms with van der Waals surface area (Å²) < 4.78 is 2.11. The molecule has 3 aromatic carbocycles. The van der Waals surface area contributed by atoms with Crippen molar-refractivity contribution in [2.75, 3.05) is 0 Å². The second kappa shape index (κ2) is 6.70. The standard InChI is InChI=1S/C22H19N5/c1-2-6-19-18(5-1)21(26-25-19)14-23-13-16-9-11-17(12-10-16)27-15-24-20-7-3-4-8-22(20)27/h1-12,15,23H,13-14H2,(H,25,26). The molecule has 5 rings (SSSR count). The first-order valence-corrected chi connectivity index (χ1v) is 9.02. The summed E-state index contributed by atoms with van der Waals surface area (Å²) in [6.07, 6.45) is 1.88. The van der Waals surface area contributed by atoms with Crippen LogP contribution in [0.3, 0.4) is 0 Å². The normalized spacial score (nSPS) is 11.4. The van der Waals surface area contributed by atoms with Crippen molar-refractivity contribution < 1.29 is 0 Å². The highest BCUT2D eigenvalue weighted by Gasteiger charge is 2.05. The smallest absolute Gasteiger partial charge is 0.100 e. The van der Waals surface area contributed by atoms with Gasteiger partial charge in [0.1, 0.15) is 6.33 Å². The lowest BCUT2D eigenvalue weighted by Gasteiger charge is -2.07. The van der Waals surface area contributed by atoms with Crippen LogP contribution in [0.2, 0.25) is 0 Å². The molecule has 0 aliphatic heterocycles. The van der Waals surface area contributed by atoms with Gasteiger partial charge < -0.3 is 5.32 Å². The molecule has 0 aliphatic rings. The van der Waals surface area contributed by atoms with Gasteiger partial charge in [-0.3, -0.25) is 9.67 Å². The minimum absolute atomic E-state index is 0.758. The molecular weight excluding hydrogens is 334 g/mol. The van der Waals surface area contributed by atoms with Crippen LogP contribution in [0.1, 0.15) is 11.3 Å². The molecule has 0 bridgehead atoms. The Morgan fingerprint density at radius 2 is 1.59 bits per heavy atom. The Labute approximate surface area is 156 Å². The van der Waals surface area contributed by atoms with Gasteiger partial charge in [-0.2, -0.15) is 5.10 Å². The third-order valence-electron chi connectivity index (χ3n) is 4.84. The molecule has 5 aromatic rings. The fourth-order valence-corrected chi connectivity index (χ4v) is 3.42. The number of aromatic amines is 1. The fraction of sp³-hybridized carbons (Fsp3) is 0.0909. The van der Waals surface area contributed by atoms with Gasteiger partial charge in [0.05, 0.1) is 22.2 Å². The predicted molar refractivity (Wildman–Crippen MR) is 108 cm³/mol. The number of rotatable bonds is 5. The van der Waals surface area contributed by atoms with E-state index < -0.39 is 0 Å². The van der Waals surface area contributed by atoms with Crippen molar-refractivity contribution in [2.45, 2.75) is 13.1 Å². The van der Waals surface area contributed by atoms with E-state index in [-0.39, 0.29) is 0 Å². The maximum Gasteiger partial charge on any atom is 0.100 e. The lowest BCUT2D eigenvalue weighted by atomic mass is 10.2. The summed E-state index contributed by atoms with van der Waals surface area (Å²) in [4.78, 5) is 4.46. The van der Waals surface area contributed by atoms with Crippen molar-refractivity contribution in [2.24, 2.45) is 0 Å². The van der Waals surface area contributed by atoms with Gasteiger partial charge in [-0.05, 0) is 35.9 Å². The average molecular weight is 353 g/mol. The van der Waals surface area contributed by atoms with Crippen LogP contribution in [0, 0.1) is 0 Å². The summed E-state index contributed by atoms with van der Waals surface area (Å²) in [6.45, 7) is 1.56. The van der Waals surface area contributed by atoms with Crippen molar-refractivity contribution in [3.05, 3.63) is 90.4 Å². The number of fused-ring (bicyclic) bond motifs is 2. The zero-order valence-electron chi connectivity index (χ0n) is 14.8. The highest BCUT2D eigenvalue weighted by atomic mass is 15.1. The van der Waals surface area contributed by atoms with Gasteiger partial charge in [0.15, 0.2) is 0 Å². The number of aromatic nitrogens is 4. The van der Waals surface area contributed by atoms with Crippen LogP contribution in [0.5, 0.6) is 0 Å². The zero-order chi connectivity index (χ0) is 18.1. The van der Waals surface area contributed by atoms with E-state index in [0.717, 1.165) is 41.0 Å². The Hall–Kier alpha value is -3.44. The number of para-hydroxylation sites is 3. The van der Waals surface area contributed by atoms with Crippen molar-refractivity contribution in [1.29, 1.82) is 0 Å². The molecule has 0 amide bonds. The largest absolute Gasteiger partial charge is 0.307 e. The number of nitrogens with zero attached hydrogens (tertiary/aromatic N) is 3. The first-order valence-electron chi connectivity index (χ1n) is 9.02. The van der Waals surface area contributed by atoms with E-state index in [0.29, 0.717) is 0 Å². The number of nitrogens with one attached hydrogen (secondary N) is 2. The SMILES string of the molecule is c1ccc2c(CNCc3ccc(-n4cnc5ccccc54)cc3)[nH]nc2c1. The van der Waals surface area contributed by atoms with E-state index in [1.807, 2.05) is 42.7 Å². The van der Waals surface area contributed by atoms with Crippen LogP contribution in [-0.4, -0.2) is 19.7 Å². The molecule has 27 heavy (non-hydrogen) atoms. The molecule has 0 saturated heterocycles. The topological polar surface area (TPSA) is 58.5 Å². The molecule has 0 fully saturated rings. The van der Waals surface area contributed by atoms with Crippen LogP contribution in [0.4, 0.5) is 0 Å². The molecule has 2 N–H and O–H groups in total. The molecule has 5 heteroatoms. The fourth-order valence-electron chi connectivity index (χ4n) is 3.42. The van der Waals surface area contributed by atoms with Crippen LogP contribution < -0.4 is 5.32 Å². The van der Waals surface area contributed by atoms with Crippen LogP contribution in [-0.2, 0) is 13.1 Å². The minimum atomic E-state index is 0.758. The van der Waals surface area contributed by atoms with Crippen LogP contribution in [0.25, 0.3) is 27.6 Å². The molecular formula is C22H19N5. The minimum Gasteiger partial charge on any atom is -0.307 e. The van der Waals surface area contributed by atoms with Gasteiger partial charge in [0, 0.05) is 24.2 Å². The lowest BCUT2D eigenvalue weighted by Crippen LogP contribution is -2.13. The predicted octanol–water partition coefficient (Wildman–Crippen LogP) is 4.19. The van der Waals surface area contributed by atoms with Gasteiger partial charge in [0.2, 0.25) is 0 Å². The summed E-state index contributed by atoms with van der Waals surface area (Å²) in [5.74, 6) is 0. The highest BCUT2D eigenvalue weighted by Crippen LogP contribution is 2.18. The monoisotopic (exact) mass is 353 g/mol. The van der Waals surface area contributed by atoms with Crippen LogP contribution >= 0.6 is 0 Å². The maximum absolute atomic E-state index is 4.46. The molecule has 0 aliphatic carbocycles. The Morgan fingerprint density at radius 3 is 2.48 bits per heavy atom. The average Bonchev–Trinajstić information content (AvgIpc) is 3.33. The Bertz CT molecular complexity index is 1200. The third kappa shape index (κ3) is 2.98. The van der Waals surface area contributed by atoms with Crippen molar-refractivity contribution in [3.63, 3.8) is 0 Å². The molecule has 0 saturated carbocycles. The third-order valence-corrected chi connectivity index (χ3v) is 4.84. The van der Waals surface area contributed by atoms with Gasteiger partial charge in [0.25, 0.3) is 0 Å². The number of benzene rings is 3. The van der Waals surface area contributed by atoms with Gasteiger partial charge in [-0.1, -0.05) is 42.5 Å². The van der Waals surface area contributed by atoms with E-state index in [1.165, 1.54) is 10.9 Å². The quantitative estimate of drug-likeness (QED) is 0.498. The van der Waals surface area contributed by atoms with Crippen LogP contribution in [0.15, 0.2) is 79.1 Å². The van der Waals surface area contributed by atoms with Crippen molar-refractivity contribution >= 4 is 21.9 Å². The summed E-state index contributed by atoms with van der Waals surface area (Å²) in [7, 11) is 0. The molecule has 0 unspecified atom stereocenters. The van der Waals surface area contributed by atoms with Gasteiger partial charge >= 0.3 is 0 Å². The molecule has 132 valence electrons. The Balaban J connectivity index is 1.28. The number of H-pyrrole nitrogens is 1. The second-order valence-electron chi connectivity index (χ2n) is 6.59. The summed E-state index contributed by atoms with van der Waals surface area (Å²) >= 11 is 0. The molecule has 5 nitrogen and oxygen atoms in total. The highest BCUT2D eigenvalue weighted by molar-refractivity contribution is 5.81. The molecule has 0 spiro atoms. The number of imidazole rings is 1. The molecule has 0 atom stereocenters. The first-order chi connectivity index (χ1) is 13.4. The van der Waals surface area contributed by atoms with E-state index in [2.05, 4.69) is 61.5 Å². The zero-order valence-corrected chi connectivity index (χ0v) is 14.8. The van der Waals surface area contributed by atoms with Crippen molar-refractivity contribution in [1.82, 2.24) is 25.1 Å². The van der Waals surface area contributed by atoms with Crippen molar-refractivity contribution in [3.8, 4) is 5.69 Å². The Morgan fingerprint density at radius 1 is 0.815 bits per heavy atom. The molecule has 0 radical (unpaired) electrons. The Kier molecular flexibility index (Phi) is 3.92. The summed E-state index contributed by atoms with van der Waals surface area (Å²) in [6, 6.07) is 24.9. The first kappa shape index (κ1) is 15.8. The lowest BCUT2D eigenvalue weighted by molar-refractivity contribution is 0.680.